The zero-order valence-electron chi connectivity index (χ0n) is 15.7. The molecule has 2 rings (SSSR count). The van der Waals surface area contributed by atoms with Crippen LogP contribution < -0.4 is 10.1 Å². The van der Waals surface area contributed by atoms with E-state index < -0.39 is 0 Å². The van der Waals surface area contributed by atoms with Gasteiger partial charge in [-0.15, -0.1) is 12.4 Å². The Morgan fingerprint density at radius 3 is 2.27 bits per heavy atom. The van der Waals surface area contributed by atoms with Crippen molar-refractivity contribution in [3.63, 3.8) is 0 Å². The number of para-hydroxylation sites is 1. The highest BCUT2D eigenvalue weighted by atomic mass is 35.5. The molecule has 0 saturated heterocycles. The van der Waals surface area contributed by atoms with Crippen molar-refractivity contribution < 1.29 is 4.74 Å². The molecular weight excluding hydrogens is 365 g/mol. The summed E-state index contributed by atoms with van der Waals surface area (Å²) in [7, 11) is 0. The maximum atomic E-state index is 6.20. The molecule has 2 aromatic carbocycles. The zero-order valence-corrected chi connectivity index (χ0v) is 17.2. The lowest BCUT2D eigenvalue weighted by Gasteiger charge is -2.13. The molecule has 0 heterocycles. The van der Waals surface area contributed by atoms with Gasteiger partial charge in [-0.2, -0.15) is 0 Å². The first kappa shape index (κ1) is 22.8. The second kappa shape index (κ2) is 13.9. The highest BCUT2D eigenvalue weighted by Gasteiger charge is 2.05. The average Bonchev–Trinajstić information content (AvgIpc) is 2.64. The summed E-state index contributed by atoms with van der Waals surface area (Å²) in [6, 6.07) is 16.0. The summed E-state index contributed by atoms with van der Waals surface area (Å²) < 4.78 is 6.00. The molecule has 1 N–H and O–H groups in total. The van der Waals surface area contributed by atoms with Gasteiger partial charge in [-0.25, -0.2) is 0 Å². The lowest BCUT2D eigenvalue weighted by Crippen LogP contribution is -2.15. The SMILES string of the molecule is CCCCCCCCNCc1ccccc1OCc1ccccc1Cl.Cl. The summed E-state index contributed by atoms with van der Waals surface area (Å²) in [4.78, 5) is 0. The molecule has 0 saturated carbocycles. The van der Waals surface area contributed by atoms with Gasteiger partial charge < -0.3 is 10.1 Å². The topological polar surface area (TPSA) is 21.3 Å². The number of nitrogens with one attached hydrogen (secondary N) is 1. The molecule has 0 aliphatic heterocycles. The number of hydrogen-bond donors (Lipinski definition) is 1. The molecule has 0 fully saturated rings. The molecule has 0 spiro atoms. The van der Waals surface area contributed by atoms with Gasteiger partial charge in [0.25, 0.3) is 0 Å². The molecule has 0 bridgehead atoms. The molecular formula is C22H31Cl2NO. The number of ether oxygens (including phenoxy) is 1. The Labute approximate surface area is 169 Å². The Morgan fingerprint density at radius 2 is 1.50 bits per heavy atom. The minimum absolute atomic E-state index is 0. The van der Waals surface area contributed by atoms with Crippen molar-refractivity contribution in [3.05, 3.63) is 64.7 Å². The van der Waals surface area contributed by atoms with E-state index in [4.69, 9.17) is 16.3 Å². The summed E-state index contributed by atoms with van der Waals surface area (Å²) in [5, 5.41) is 4.29. The monoisotopic (exact) mass is 395 g/mol. The Hall–Kier alpha value is -1.22. The maximum Gasteiger partial charge on any atom is 0.124 e. The van der Waals surface area contributed by atoms with Crippen molar-refractivity contribution in [3.8, 4) is 5.75 Å². The van der Waals surface area contributed by atoms with Gasteiger partial charge in [-0.05, 0) is 25.1 Å². The predicted molar refractivity (Wildman–Crippen MR) is 115 cm³/mol. The normalized spacial score (nSPS) is 10.4. The van der Waals surface area contributed by atoms with Crippen molar-refractivity contribution in [2.75, 3.05) is 6.54 Å². The third-order valence-electron chi connectivity index (χ3n) is 4.34. The lowest BCUT2D eigenvalue weighted by molar-refractivity contribution is 0.302. The molecule has 0 radical (unpaired) electrons. The molecule has 4 heteroatoms. The number of benzene rings is 2. The van der Waals surface area contributed by atoms with E-state index in [-0.39, 0.29) is 12.4 Å². The zero-order chi connectivity index (χ0) is 17.7. The van der Waals surface area contributed by atoms with Crippen LogP contribution in [0.2, 0.25) is 5.02 Å². The molecule has 2 nitrogen and oxygen atoms in total. The van der Waals surface area contributed by atoms with Crippen molar-refractivity contribution in [2.45, 2.75) is 58.6 Å². The molecule has 0 amide bonds. The minimum Gasteiger partial charge on any atom is -0.489 e. The van der Waals surface area contributed by atoms with E-state index in [1.807, 2.05) is 36.4 Å². The van der Waals surface area contributed by atoms with Crippen molar-refractivity contribution in [1.82, 2.24) is 5.32 Å². The van der Waals surface area contributed by atoms with Crippen molar-refractivity contribution in [1.29, 1.82) is 0 Å². The van der Waals surface area contributed by atoms with Crippen LogP contribution in [0, 0.1) is 0 Å². The largest absolute Gasteiger partial charge is 0.489 e. The fraction of sp³-hybridized carbons (Fsp3) is 0.455. The standard InChI is InChI=1S/C22H30ClNO.ClH/c1-2-3-4-5-6-11-16-24-17-19-12-8-10-15-22(19)25-18-20-13-7-9-14-21(20)23;/h7-10,12-15,24H,2-6,11,16-18H2,1H3;1H. The lowest BCUT2D eigenvalue weighted by atomic mass is 10.1. The van der Waals surface area contributed by atoms with E-state index in [2.05, 4.69) is 24.4 Å². The molecule has 144 valence electrons. The van der Waals surface area contributed by atoms with Gasteiger partial charge in [0.2, 0.25) is 0 Å². The number of hydrogen-bond acceptors (Lipinski definition) is 2. The van der Waals surface area contributed by atoms with Crippen molar-refractivity contribution >= 4 is 24.0 Å². The second-order valence-corrected chi connectivity index (χ2v) is 6.84. The second-order valence-electron chi connectivity index (χ2n) is 6.43. The summed E-state index contributed by atoms with van der Waals surface area (Å²) >= 11 is 6.20. The van der Waals surface area contributed by atoms with E-state index in [0.717, 1.165) is 29.4 Å². The Bertz CT molecular complexity index is 619. The van der Waals surface area contributed by atoms with Crippen LogP contribution in [0.5, 0.6) is 5.75 Å². The van der Waals surface area contributed by atoms with E-state index in [9.17, 15) is 0 Å². The van der Waals surface area contributed by atoms with Gasteiger partial charge in [0.05, 0.1) is 0 Å². The van der Waals surface area contributed by atoms with E-state index >= 15 is 0 Å². The number of rotatable bonds is 12. The van der Waals surface area contributed by atoms with E-state index in [1.54, 1.807) is 0 Å². The Balaban J connectivity index is 0.00000338. The smallest absolute Gasteiger partial charge is 0.124 e. The quantitative estimate of drug-likeness (QED) is 0.399. The maximum absolute atomic E-state index is 6.20. The summed E-state index contributed by atoms with van der Waals surface area (Å²) in [5.74, 6) is 0.929. The van der Waals surface area contributed by atoms with Gasteiger partial charge in [-0.3, -0.25) is 0 Å². The van der Waals surface area contributed by atoms with Gasteiger partial charge in [0.1, 0.15) is 12.4 Å². The highest BCUT2D eigenvalue weighted by molar-refractivity contribution is 6.31. The van der Waals surface area contributed by atoms with Crippen LogP contribution in [-0.2, 0) is 13.2 Å². The van der Waals surface area contributed by atoms with Crippen LogP contribution in [0.1, 0.15) is 56.6 Å². The molecule has 0 aliphatic rings. The van der Waals surface area contributed by atoms with Crippen molar-refractivity contribution in [2.24, 2.45) is 0 Å². The molecule has 0 aliphatic carbocycles. The third-order valence-corrected chi connectivity index (χ3v) is 4.70. The van der Waals surface area contributed by atoms with E-state index in [1.165, 1.54) is 44.1 Å². The predicted octanol–water partition coefficient (Wildman–Crippen LogP) is 6.79. The highest BCUT2D eigenvalue weighted by Crippen LogP contribution is 2.22. The fourth-order valence-corrected chi connectivity index (χ4v) is 3.01. The fourth-order valence-electron chi connectivity index (χ4n) is 2.82. The van der Waals surface area contributed by atoms with Crippen LogP contribution >= 0.6 is 24.0 Å². The molecule has 0 atom stereocenters. The van der Waals surface area contributed by atoms with Crippen LogP contribution in [-0.4, -0.2) is 6.54 Å². The third kappa shape index (κ3) is 8.44. The first-order valence-corrected chi connectivity index (χ1v) is 9.84. The van der Waals surface area contributed by atoms with Crippen LogP contribution in [0.3, 0.4) is 0 Å². The molecule has 2 aromatic rings. The first-order chi connectivity index (χ1) is 12.3. The molecule has 0 aromatic heterocycles. The first-order valence-electron chi connectivity index (χ1n) is 9.46. The van der Waals surface area contributed by atoms with Gasteiger partial charge >= 0.3 is 0 Å². The van der Waals surface area contributed by atoms with E-state index in [0.29, 0.717) is 6.61 Å². The van der Waals surface area contributed by atoms with Crippen LogP contribution in [0.15, 0.2) is 48.5 Å². The summed E-state index contributed by atoms with van der Waals surface area (Å²) in [6.45, 7) is 4.65. The summed E-state index contributed by atoms with van der Waals surface area (Å²) in [5.41, 5.74) is 2.21. The molecule has 26 heavy (non-hydrogen) atoms. The van der Waals surface area contributed by atoms with Gasteiger partial charge in [0.15, 0.2) is 0 Å². The average molecular weight is 396 g/mol. The Morgan fingerprint density at radius 1 is 0.846 bits per heavy atom. The van der Waals surface area contributed by atoms with Crippen LogP contribution in [0.25, 0.3) is 0 Å². The minimum atomic E-state index is 0. The van der Waals surface area contributed by atoms with Crippen LogP contribution in [0.4, 0.5) is 0 Å². The van der Waals surface area contributed by atoms with Gasteiger partial charge in [0, 0.05) is 22.7 Å². The molecule has 0 unspecified atom stereocenters. The summed E-state index contributed by atoms with van der Waals surface area (Å²) in [6.07, 6.45) is 7.96. The van der Waals surface area contributed by atoms with Gasteiger partial charge in [-0.1, -0.05) is 87.0 Å². The number of halogens is 2. The number of unbranched alkanes of at least 4 members (excludes halogenated alkanes) is 5. The Kier molecular flexibility index (Phi) is 12.2.